The van der Waals surface area contributed by atoms with Gasteiger partial charge in [0.15, 0.2) is 6.10 Å². The van der Waals surface area contributed by atoms with Gasteiger partial charge in [0.05, 0.1) is 13.2 Å². The lowest BCUT2D eigenvalue weighted by atomic mass is 10.0. The molecule has 0 amide bonds. The summed E-state index contributed by atoms with van der Waals surface area (Å²) >= 11 is 0. The third-order valence-electron chi connectivity index (χ3n) is 10.2. The van der Waals surface area contributed by atoms with E-state index in [-0.39, 0.29) is 38.6 Å². The Hall–Kier alpha value is -1.25. The molecule has 0 saturated heterocycles. The van der Waals surface area contributed by atoms with Crippen LogP contribution in [0.25, 0.3) is 0 Å². The molecule has 0 heterocycles. The summed E-state index contributed by atoms with van der Waals surface area (Å²) in [7, 11) is -4.37. The Morgan fingerprint density at radius 2 is 0.891 bits per heavy atom. The Labute approximate surface area is 339 Å². The first-order valence-electron chi connectivity index (χ1n) is 23.2. The number of esters is 2. The first-order chi connectivity index (χ1) is 26.8. The highest BCUT2D eigenvalue weighted by Crippen LogP contribution is 2.43. The largest absolute Gasteiger partial charge is 0.472 e. The van der Waals surface area contributed by atoms with E-state index in [2.05, 4.69) is 26.0 Å². The fourth-order valence-electron chi connectivity index (χ4n) is 6.69. The second kappa shape index (κ2) is 42.4. The Morgan fingerprint density at radius 1 is 0.527 bits per heavy atom. The molecule has 2 unspecified atom stereocenters. The van der Waals surface area contributed by atoms with E-state index in [4.69, 9.17) is 24.3 Å². The van der Waals surface area contributed by atoms with Gasteiger partial charge in [0.2, 0.25) is 0 Å². The summed E-state index contributed by atoms with van der Waals surface area (Å²) in [6, 6.07) is 0. The van der Waals surface area contributed by atoms with Crippen LogP contribution in [0.5, 0.6) is 0 Å². The number of unbranched alkanes of at least 4 members (excludes halogenated alkanes) is 29. The van der Waals surface area contributed by atoms with E-state index in [9.17, 15) is 19.0 Å². The topological polar surface area (TPSA) is 134 Å². The summed E-state index contributed by atoms with van der Waals surface area (Å²) in [6.07, 6.45) is 43.8. The molecular weight excluding hydrogens is 713 g/mol. The molecule has 0 aromatic heterocycles. The van der Waals surface area contributed by atoms with Crippen LogP contribution in [0.1, 0.15) is 232 Å². The van der Waals surface area contributed by atoms with Gasteiger partial charge in [-0.2, -0.15) is 0 Å². The van der Waals surface area contributed by atoms with E-state index in [1.54, 1.807) is 0 Å². The molecule has 0 rings (SSSR count). The van der Waals surface area contributed by atoms with Gasteiger partial charge in [-0.3, -0.25) is 18.6 Å². The Kier molecular flexibility index (Phi) is 41.4. The molecule has 10 heteroatoms. The van der Waals surface area contributed by atoms with E-state index < -0.39 is 26.5 Å². The average molecular weight is 802 g/mol. The van der Waals surface area contributed by atoms with E-state index in [0.29, 0.717) is 6.42 Å². The summed E-state index contributed by atoms with van der Waals surface area (Å²) < 4.78 is 32.8. The fourth-order valence-corrected chi connectivity index (χ4v) is 7.45. The normalized spacial score (nSPS) is 13.3. The molecule has 55 heavy (non-hydrogen) atoms. The molecule has 2 atom stereocenters. The summed E-state index contributed by atoms with van der Waals surface area (Å²) in [5.74, 6) is -0.818. The van der Waals surface area contributed by atoms with Crippen LogP contribution in [0, 0.1) is 0 Å². The molecule has 0 saturated carbocycles. The number of phosphoric ester groups is 1. The number of hydrogen-bond donors (Lipinski definition) is 2. The quantitative estimate of drug-likeness (QED) is 0.0267. The van der Waals surface area contributed by atoms with Crippen LogP contribution >= 0.6 is 7.82 Å². The van der Waals surface area contributed by atoms with Crippen molar-refractivity contribution in [2.45, 2.75) is 238 Å². The number of carbonyl (C=O) groups excluding carboxylic acids is 2. The fraction of sp³-hybridized carbons (Fsp3) is 0.911. The summed E-state index contributed by atoms with van der Waals surface area (Å²) in [5, 5.41) is 0. The first-order valence-corrected chi connectivity index (χ1v) is 24.7. The van der Waals surface area contributed by atoms with Crippen molar-refractivity contribution in [2.24, 2.45) is 5.73 Å². The molecule has 0 aliphatic heterocycles. The molecule has 0 aromatic rings. The average Bonchev–Trinajstić information content (AvgIpc) is 3.17. The van der Waals surface area contributed by atoms with Crippen molar-refractivity contribution >= 4 is 19.8 Å². The van der Waals surface area contributed by atoms with E-state index in [0.717, 1.165) is 38.5 Å². The SMILES string of the molecule is CCCCCCCC/C=C\CCCCCCCCCCCC(=O)OC(COC(=O)CCCCCCCCCCCCCCCCC)COP(=O)(O)OCCN. The van der Waals surface area contributed by atoms with Gasteiger partial charge in [-0.15, -0.1) is 0 Å². The number of hydrogen-bond acceptors (Lipinski definition) is 8. The Bertz CT molecular complexity index is 917. The zero-order valence-electron chi connectivity index (χ0n) is 35.9. The van der Waals surface area contributed by atoms with E-state index in [1.807, 2.05) is 0 Å². The molecule has 0 radical (unpaired) electrons. The Morgan fingerprint density at radius 3 is 1.29 bits per heavy atom. The molecule has 0 fully saturated rings. The summed E-state index contributed by atoms with van der Waals surface area (Å²) in [5.41, 5.74) is 5.35. The van der Waals surface area contributed by atoms with Gasteiger partial charge in [-0.25, -0.2) is 4.57 Å². The van der Waals surface area contributed by atoms with Gasteiger partial charge in [0, 0.05) is 19.4 Å². The van der Waals surface area contributed by atoms with Gasteiger partial charge in [0.25, 0.3) is 0 Å². The standard InChI is InChI=1S/C45H88NO8P/c1-3-5-7-9-11-13-15-17-19-20-21-22-24-26-28-30-32-34-36-38-45(48)54-43(42-53-55(49,50)52-40-39-46)41-51-44(47)37-35-33-31-29-27-25-23-18-16-14-12-10-8-6-4-2/h17,19,43H,3-16,18,20-42,46H2,1-2H3,(H,49,50)/b19-17-. The van der Waals surface area contributed by atoms with Crippen molar-refractivity contribution in [3.05, 3.63) is 12.2 Å². The molecule has 326 valence electrons. The number of nitrogens with two attached hydrogens (primary N) is 1. The van der Waals surface area contributed by atoms with Crippen molar-refractivity contribution in [1.29, 1.82) is 0 Å². The van der Waals surface area contributed by atoms with Gasteiger partial charge in [0.1, 0.15) is 6.61 Å². The smallest absolute Gasteiger partial charge is 0.462 e. The summed E-state index contributed by atoms with van der Waals surface area (Å²) in [4.78, 5) is 34.9. The van der Waals surface area contributed by atoms with Crippen molar-refractivity contribution < 1.29 is 37.6 Å². The highest BCUT2D eigenvalue weighted by atomic mass is 31.2. The highest BCUT2D eigenvalue weighted by molar-refractivity contribution is 7.47. The minimum atomic E-state index is -4.37. The first kappa shape index (κ1) is 53.8. The minimum absolute atomic E-state index is 0.0561. The number of rotatable bonds is 44. The number of ether oxygens (including phenoxy) is 2. The van der Waals surface area contributed by atoms with Crippen LogP contribution in [0.3, 0.4) is 0 Å². The lowest BCUT2D eigenvalue weighted by Crippen LogP contribution is -2.29. The molecule has 0 aliphatic carbocycles. The predicted molar refractivity (Wildman–Crippen MR) is 229 cm³/mol. The van der Waals surface area contributed by atoms with Crippen molar-refractivity contribution in [3.8, 4) is 0 Å². The van der Waals surface area contributed by atoms with Crippen LogP contribution in [-0.4, -0.2) is 49.3 Å². The lowest BCUT2D eigenvalue weighted by molar-refractivity contribution is -0.161. The number of phosphoric acid groups is 1. The zero-order valence-corrected chi connectivity index (χ0v) is 36.8. The molecule has 0 aliphatic rings. The third kappa shape index (κ3) is 42.2. The van der Waals surface area contributed by atoms with E-state index >= 15 is 0 Å². The molecule has 0 bridgehead atoms. The van der Waals surface area contributed by atoms with Crippen LogP contribution in [0.4, 0.5) is 0 Å². The molecule has 9 nitrogen and oxygen atoms in total. The number of carbonyl (C=O) groups is 2. The van der Waals surface area contributed by atoms with Gasteiger partial charge >= 0.3 is 19.8 Å². The number of allylic oxidation sites excluding steroid dienone is 2. The summed E-state index contributed by atoms with van der Waals surface area (Å²) in [6.45, 7) is 3.76. The van der Waals surface area contributed by atoms with Crippen molar-refractivity contribution in [2.75, 3.05) is 26.4 Å². The van der Waals surface area contributed by atoms with Gasteiger partial charge in [-0.05, 0) is 38.5 Å². The van der Waals surface area contributed by atoms with Gasteiger partial charge in [-0.1, -0.05) is 193 Å². The van der Waals surface area contributed by atoms with Crippen molar-refractivity contribution in [3.63, 3.8) is 0 Å². The highest BCUT2D eigenvalue weighted by Gasteiger charge is 2.26. The van der Waals surface area contributed by atoms with Gasteiger partial charge < -0.3 is 20.1 Å². The van der Waals surface area contributed by atoms with Crippen LogP contribution in [0.2, 0.25) is 0 Å². The van der Waals surface area contributed by atoms with Crippen LogP contribution in [-0.2, 0) is 32.7 Å². The maximum atomic E-state index is 12.6. The Balaban J connectivity index is 4.08. The van der Waals surface area contributed by atoms with E-state index in [1.165, 1.54) is 161 Å². The second-order valence-corrected chi connectivity index (χ2v) is 17.1. The third-order valence-corrected chi connectivity index (χ3v) is 11.1. The molecular formula is C45H88NO8P. The minimum Gasteiger partial charge on any atom is -0.462 e. The predicted octanol–water partition coefficient (Wildman–Crippen LogP) is 13.4. The molecule has 3 N–H and O–H groups in total. The molecule has 0 aromatic carbocycles. The van der Waals surface area contributed by atoms with Crippen molar-refractivity contribution in [1.82, 2.24) is 0 Å². The second-order valence-electron chi connectivity index (χ2n) is 15.6. The zero-order chi connectivity index (χ0) is 40.3. The van der Waals surface area contributed by atoms with Crippen LogP contribution < -0.4 is 5.73 Å². The maximum absolute atomic E-state index is 12.6. The maximum Gasteiger partial charge on any atom is 0.472 e. The van der Waals surface area contributed by atoms with Crippen LogP contribution in [0.15, 0.2) is 12.2 Å². The molecule has 0 spiro atoms. The lowest BCUT2D eigenvalue weighted by Gasteiger charge is -2.19. The monoisotopic (exact) mass is 802 g/mol.